The minimum Gasteiger partial charge on any atom is -0.447 e. The van der Waals surface area contributed by atoms with Crippen LogP contribution in [0.25, 0.3) is 11.3 Å². The highest BCUT2D eigenvalue weighted by molar-refractivity contribution is 7.16. The lowest BCUT2D eigenvalue weighted by atomic mass is 10.2. The Morgan fingerprint density at radius 3 is 2.82 bits per heavy atom. The highest BCUT2D eigenvalue weighted by Gasteiger charge is 2.21. The first-order chi connectivity index (χ1) is 16.5. The Morgan fingerprint density at radius 2 is 2.12 bits per heavy atom. The Hall–Kier alpha value is -3.61. The van der Waals surface area contributed by atoms with Gasteiger partial charge in [0.2, 0.25) is 0 Å². The fourth-order valence-electron chi connectivity index (χ4n) is 3.23. The fourth-order valence-corrected chi connectivity index (χ4v) is 4.80. The molecule has 0 spiro atoms. The van der Waals surface area contributed by atoms with Crippen LogP contribution < -0.4 is 10.9 Å². The van der Waals surface area contributed by atoms with Gasteiger partial charge in [-0.25, -0.2) is 9.37 Å². The first-order valence-electron chi connectivity index (χ1n) is 9.77. The maximum atomic E-state index is 14.4. The van der Waals surface area contributed by atoms with Crippen molar-refractivity contribution in [2.75, 3.05) is 5.32 Å². The first kappa shape index (κ1) is 22.2. The second-order valence-electron chi connectivity index (χ2n) is 7.03. The van der Waals surface area contributed by atoms with Gasteiger partial charge >= 0.3 is 0 Å². The molecule has 5 heterocycles. The number of thiophene rings is 1. The molecule has 0 aliphatic carbocycles. The van der Waals surface area contributed by atoms with Gasteiger partial charge in [0.1, 0.15) is 28.0 Å². The molecule has 0 aromatic carbocycles. The second kappa shape index (κ2) is 9.33. The van der Waals surface area contributed by atoms with Crippen molar-refractivity contribution >= 4 is 46.0 Å². The van der Waals surface area contributed by atoms with Gasteiger partial charge in [0.05, 0.1) is 40.9 Å². The van der Waals surface area contributed by atoms with Crippen LogP contribution in [0.5, 0.6) is 0 Å². The van der Waals surface area contributed by atoms with Crippen molar-refractivity contribution in [3.8, 4) is 11.3 Å². The van der Waals surface area contributed by atoms with E-state index in [0.29, 0.717) is 27.3 Å². The molecule has 5 aromatic rings. The van der Waals surface area contributed by atoms with E-state index >= 15 is 0 Å². The standard InChI is InChI=1S/C21H14ClFN6O3S2/c22-18-2-1-14(34-18)6-26-19-4-16(27-29(19)21(31)17-7-25-11-33-17)15-3-12(23)8-28(20(15)30)9-13-5-24-10-32-13/h1-5,7-8,10-11,26H,6,9H2. The first-order valence-corrected chi connectivity index (χ1v) is 11.8. The van der Waals surface area contributed by atoms with Gasteiger partial charge in [-0.1, -0.05) is 11.6 Å². The van der Waals surface area contributed by atoms with Gasteiger partial charge in [0.25, 0.3) is 11.5 Å². The summed E-state index contributed by atoms with van der Waals surface area (Å²) in [6.07, 6.45) is 5.18. The molecule has 0 saturated heterocycles. The van der Waals surface area contributed by atoms with Crippen molar-refractivity contribution in [1.82, 2.24) is 24.3 Å². The van der Waals surface area contributed by atoms with Crippen molar-refractivity contribution in [1.29, 1.82) is 0 Å². The molecule has 9 nitrogen and oxygen atoms in total. The van der Waals surface area contributed by atoms with E-state index in [0.717, 1.165) is 37.7 Å². The number of thiazole rings is 1. The van der Waals surface area contributed by atoms with Crippen LogP contribution in [-0.4, -0.2) is 30.2 Å². The molecule has 172 valence electrons. The quantitative estimate of drug-likeness (QED) is 0.342. The number of aromatic nitrogens is 5. The van der Waals surface area contributed by atoms with Crippen LogP contribution in [0.4, 0.5) is 10.2 Å². The van der Waals surface area contributed by atoms with Crippen molar-refractivity contribution in [2.24, 2.45) is 0 Å². The van der Waals surface area contributed by atoms with Gasteiger partial charge in [-0.3, -0.25) is 14.6 Å². The minimum atomic E-state index is -0.639. The van der Waals surface area contributed by atoms with E-state index in [2.05, 4.69) is 20.4 Å². The third-order valence-corrected chi connectivity index (χ3v) is 6.75. The van der Waals surface area contributed by atoms with Gasteiger partial charge in [-0.2, -0.15) is 9.78 Å². The molecule has 0 aliphatic heterocycles. The van der Waals surface area contributed by atoms with E-state index in [9.17, 15) is 14.0 Å². The van der Waals surface area contributed by atoms with Gasteiger partial charge < -0.3 is 14.3 Å². The number of nitrogens with zero attached hydrogens (tertiary/aromatic N) is 5. The number of pyridine rings is 1. The summed E-state index contributed by atoms with van der Waals surface area (Å²) in [5, 5.41) is 7.49. The van der Waals surface area contributed by atoms with E-state index in [1.54, 1.807) is 6.07 Å². The molecule has 0 radical (unpaired) electrons. The number of halogens is 2. The number of anilines is 1. The molecule has 1 N–H and O–H groups in total. The highest BCUT2D eigenvalue weighted by Crippen LogP contribution is 2.25. The van der Waals surface area contributed by atoms with Gasteiger partial charge in [0.15, 0.2) is 6.39 Å². The summed E-state index contributed by atoms with van der Waals surface area (Å²) < 4.78 is 22.6. The molecule has 5 aromatic heterocycles. The van der Waals surface area contributed by atoms with Crippen molar-refractivity contribution in [2.45, 2.75) is 13.1 Å². The number of rotatable bonds is 7. The SMILES string of the molecule is O=C(c1cncs1)n1nc(-c2cc(F)cn(Cc3cnco3)c2=O)cc1NCc1ccc(Cl)s1. The van der Waals surface area contributed by atoms with Crippen LogP contribution in [0.15, 0.2) is 64.0 Å². The van der Waals surface area contributed by atoms with Crippen LogP contribution >= 0.6 is 34.3 Å². The Balaban J connectivity index is 1.54. The predicted octanol–water partition coefficient (Wildman–Crippen LogP) is 4.36. The Kier molecular flexibility index (Phi) is 6.09. The summed E-state index contributed by atoms with van der Waals surface area (Å²) in [5.41, 5.74) is 1.18. The van der Waals surface area contributed by atoms with Crippen molar-refractivity contribution in [3.05, 3.63) is 90.8 Å². The number of carbonyl (C=O) groups is 1. The smallest absolute Gasteiger partial charge is 0.291 e. The second-order valence-corrected chi connectivity index (χ2v) is 9.72. The lowest BCUT2D eigenvalue weighted by molar-refractivity contribution is 0.0951. The summed E-state index contributed by atoms with van der Waals surface area (Å²) >= 11 is 8.56. The largest absolute Gasteiger partial charge is 0.447 e. The third-order valence-electron chi connectivity index (χ3n) is 4.76. The minimum absolute atomic E-state index is 0.00223. The molecule has 0 bridgehead atoms. The molecule has 0 aliphatic rings. The van der Waals surface area contributed by atoms with Crippen molar-refractivity contribution in [3.63, 3.8) is 0 Å². The van der Waals surface area contributed by atoms with E-state index in [-0.39, 0.29) is 17.8 Å². The van der Waals surface area contributed by atoms with Crippen LogP contribution in [0.1, 0.15) is 20.3 Å². The lowest BCUT2D eigenvalue weighted by Gasteiger charge is -2.06. The van der Waals surface area contributed by atoms with Gasteiger partial charge in [-0.15, -0.1) is 22.7 Å². The summed E-state index contributed by atoms with van der Waals surface area (Å²) in [7, 11) is 0. The number of hydrogen-bond acceptors (Lipinski definition) is 9. The molecule has 0 amide bonds. The summed E-state index contributed by atoms with van der Waals surface area (Å²) in [4.78, 5) is 35.2. The number of nitrogens with one attached hydrogen (secondary N) is 1. The summed E-state index contributed by atoms with van der Waals surface area (Å²) in [6.45, 7) is 0.367. The average Bonchev–Trinajstić information content (AvgIpc) is 3.62. The maximum Gasteiger partial charge on any atom is 0.291 e. The van der Waals surface area contributed by atoms with E-state index in [1.165, 1.54) is 41.7 Å². The predicted molar refractivity (Wildman–Crippen MR) is 126 cm³/mol. The van der Waals surface area contributed by atoms with Crippen molar-refractivity contribution < 1.29 is 13.6 Å². The molecular weight excluding hydrogens is 503 g/mol. The molecule has 0 unspecified atom stereocenters. The molecule has 0 saturated carbocycles. The topological polar surface area (TPSA) is 108 Å². The van der Waals surface area contributed by atoms with Crippen LogP contribution in [0.3, 0.4) is 0 Å². The van der Waals surface area contributed by atoms with Gasteiger partial charge in [-0.05, 0) is 18.2 Å². The molecule has 0 atom stereocenters. The molecule has 13 heteroatoms. The molecular formula is C21H14ClFN6O3S2. The monoisotopic (exact) mass is 516 g/mol. The summed E-state index contributed by atoms with van der Waals surface area (Å²) in [6, 6.07) is 6.26. The van der Waals surface area contributed by atoms with E-state index in [1.807, 2.05) is 6.07 Å². The fraction of sp³-hybridized carbons (Fsp3) is 0.0952. The maximum absolute atomic E-state index is 14.4. The highest BCUT2D eigenvalue weighted by atomic mass is 35.5. The number of carbonyl (C=O) groups excluding carboxylic acids is 1. The van der Waals surface area contributed by atoms with Gasteiger partial charge in [0, 0.05) is 17.1 Å². The lowest BCUT2D eigenvalue weighted by Crippen LogP contribution is -2.22. The van der Waals surface area contributed by atoms with E-state index in [4.69, 9.17) is 16.0 Å². The number of oxazole rings is 1. The average molecular weight is 517 g/mol. The Morgan fingerprint density at radius 1 is 1.24 bits per heavy atom. The Labute approximate surface area is 204 Å². The van der Waals surface area contributed by atoms with Crippen LogP contribution in [-0.2, 0) is 13.1 Å². The molecule has 0 fully saturated rings. The zero-order valence-electron chi connectivity index (χ0n) is 17.1. The zero-order valence-corrected chi connectivity index (χ0v) is 19.5. The zero-order chi connectivity index (χ0) is 23.7. The summed E-state index contributed by atoms with van der Waals surface area (Å²) in [5.74, 6) is -0.344. The normalized spacial score (nSPS) is 11.1. The Bertz CT molecular complexity index is 1510. The number of hydrogen-bond donors (Lipinski definition) is 1. The van der Waals surface area contributed by atoms with E-state index < -0.39 is 17.3 Å². The van der Waals surface area contributed by atoms with Crippen LogP contribution in [0.2, 0.25) is 4.34 Å². The third kappa shape index (κ3) is 4.55. The molecule has 34 heavy (non-hydrogen) atoms. The molecule has 5 rings (SSSR count). The van der Waals surface area contributed by atoms with Crippen LogP contribution in [0, 0.1) is 5.82 Å².